The highest BCUT2D eigenvalue weighted by molar-refractivity contribution is 5.89. The van der Waals surface area contributed by atoms with Crippen molar-refractivity contribution in [2.24, 2.45) is 11.7 Å². The summed E-state index contributed by atoms with van der Waals surface area (Å²) in [5.74, 6) is -2.93. The lowest BCUT2D eigenvalue weighted by atomic mass is 9.87. The molecule has 1 aliphatic carbocycles. The van der Waals surface area contributed by atoms with Crippen LogP contribution in [0.3, 0.4) is 0 Å². The summed E-state index contributed by atoms with van der Waals surface area (Å²) in [7, 11) is 0. The zero-order valence-electron chi connectivity index (χ0n) is 12.5. The fourth-order valence-electron chi connectivity index (χ4n) is 2.75. The Bertz CT molecular complexity index is 644. The predicted octanol–water partition coefficient (Wildman–Crippen LogP) is 1.55. The number of hydrogen-bond acceptors (Lipinski definition) is 5. The molecular weight excluding hydrogens is 306 g/mol. The molecule has 9 heteroatoms. The minimum atomic E-state index is -2.58. The average molecular weight is 324 g/mol. The van der Waals surface area contributed by atoms with E-state index >= 15 is 0 Å². The van der Waals surface area contributed by atoms with Gasteiger partial charge in [-0.1, -0.05) is 0 Å². The SMILES string of the molecule is NC(=O)c1nc(N2C=CC=CN2)nn1CC1CCC(F)(F)CC1. The number of aromatic nitrogens is 3. The van der Waals surface area contributed by atoms with E-state index in [1.165, 1.54) is 9.69 Å². The molecule has 0 spiro atoms. The van der Waals surface area contributed by atoms with Gasteiger partial charge in [-0.25, -0.2) is 18.5 Å². The number of primary amides is 1. The molecule has 0 bridgehead atoms. The third-order valence-corrected chi connectivity index (χ3v) is 4.02. The van der Waals surface area contributed by atoms with Crippen molar-refractivity contribution >= 4 is 11.9 Å². The number of hydrazine groups is 1. The van der Waals surface area contributed by atoms with E-state index in [0.717, 1.165) is 0 Å². The topological polar surface area (TPSA) is 89.1 Å². The monoisotopic (exact) mass is 324 g/mol. The third kappa shape index (κ3) is 3.49. The molecule has 0 saturated heterocycles. The first-order valence-corrected chi connectivity index (χ1v) is 7.46. The summed E-state index contributed by atoms with van der Waals surface area (Å²) in [6.45, 7) is 0.356. The van der Waals surface area contributed by atoms with Crippen molar-refractivity contribution in [3.63, 3.8) is 0 Å². The van der Waals surface area contributed by atoms with Crippen LogP contribution >= 0.6 is 0 Å². The Morgan fingerprint density at radius 1 is 1.39 bits per heavy atom. The molecule has 0 aromatic carbocycles. The Morgan fingerprint density at radius 3 is 2.74 bits per heavy atom. The summed E-state index contributed by atoms with van der Waals surface area (Å²) < 4.78 is 27.9. The van der Waals surface area contributed by atoms with Gasteiger partial charge in [0, 0.05) is 31.8 Å². The fraction of sp³-hybridized carbons (Fsp3) is 0.500. The number of nitrogens with two attached hydrogens (primary N) is 1. The lowest BCUT2D eigenvalue weighted by Gasteiger charge is -2.28. The molecule has 2 heterocycles. The maximum Gasteiger partial charge on any atom is 0.286 e. The van der Waals surface area contributed by atoms with Crippen LogP contribution in [-0.4, -0.2) is 26.6 Å². The van der Waals surface area contributed by atoms with Crippen molar-refractivity contribution in [1.29, 1.82) is 0 Å². The highest BCUT2D eigenvalue weighted by Crippen LogP contribution is 2.36. The second kappa shape index (κ2) is 5.98. The van der Waals surface area contributed by atoms with Gasteiger partial charge in [0.2, 0.25) is 11.7 Å². The minimum absolute atomic E-state index is 0.0297. The predicted molar refractivity (Wildman–Crippen MR) is 79.3 cm³/mol. The Balaban J connectivity index is 1.75. The summed E-state index contributed by atoms with van der Waals surface area (Å²) in [6.07, 6.45) is 7.49. The maximum atomic E-state index is 13.2. The van der Waals surface area contributed by atoms with E-state index < -0.39 is 11.8 Å². The van der Waals surface area contributed by atoms with Gasteiger partial charge in [-0.3, -0.25) is 10.2 Å². The maximum absolute atomic E-state index is 13.2. The van der Waals surface area contributed by atoms with Crippen molar-refractivity contribution in [3.8, 4) is 0 Å². The molecule has 2 aliphatic rings. The van der Waals surface area contributed by atoms with Crippen molar-refractivity contribution in [2.75, 3.05) is 5.01 Å². The molecule has 3 N–H and O–H groups in total. The van der Waals surface area contributed by atoms with Crippen molar-refractivity contribution < 1.29 is 13.6 Å². The molecule has 1 amide bonds. The van der Waals surface area contributed by atoms with Gasteiger partial charge in [-0.15, -0.1) is 5.10 Å². The Hall–Kier alpha value is -2.45. The van der Waals surface area contributed by atoms with E-state index in [2.05, 4.69) is 15.5 Å². The molecular formula is C14H18F2N6O. The number of carbonyl (C=O) groups is 1. The quantitative estimate of drug-likeness (QED) is 0.877. The molecule has 1 fully saturated rings. The van der Waals surface area contributed by atoms with Gasteiger partial charge >= 0.3 is 0 Å². The lowest BCUT2D eigenvalue weighted by molar-refractivity contribution is -0.0477. The van der Waals surface area contributed by atoms with Crippen LogP contribution in [0, 0.1) is 5.92 Å². The molecule has 0 unspecified atom stereocenters. The van der Waals surface area contributed by atoms with Crippen LogP contribution in [0.15, 0.2) is 24.6 Å². The molecule has 1 aliphatic heterocycles. The molecule has 1 aromatic heterocycles. The van der Waals surface area contributed by atoms with Gasteiger partial charge in [0.1, 0.15) is 0 Å². The Morgan fingerprint density at radius 2 is 2.13 bits per heavy atom. The molecule has 1 aromatic rings. The summed E-state index contributed by atoms with van der Waals surface area (Å²) in [5, 5.41) is 5.82. The first kappa shape index (κ1) is 15.4. The standard InChI is InChI=1S/C14H18F2N6O/c15-14(16)5-3-10(4-6-14)9-22-12(11(17)23)19-13(20-22)21-8-2-1-7-18-21/h1-2,7-8,10,18H,3-6,9H2,(H2,17,23). The second-order valence-corrected chi connectivity index (χ2v) is 5.78. The van der Waals surface area contributed by atoms with Gasteiger partial charge in [-0.05, 0) is 30.9 Å². The number of nitrogens with zero attached hydrogens (tertiary/aromatic N) is 4. The smallest absolute Gasteiger partial charge is 0.286 e. The van der Waals surface area contributed by atoms with Crippen LogP contribution in [0.1, 0.15) is 36.3 Å². The number of carbonyl (C=O) groups excluding carboxylic acids is 1. The molecule has 1 saturated carbocycles. The van der Waals surface area contributed by atoms with Crippen LogP contribution in [0.25, 0.3) is 0 Å². The number of anilines is 1. The molecule has 0 radical (unpaired) electrons. The van der Waals surface area contributed by atoms with Gasteiger partial charge in [-0.2, -0.15) is 4.98 Å². The van der Waals surface area contributed by atoms with Gasteiger partial charge < -0.3 is 5.73 Å². The van der Waals surface area contributed by atoms with Crippen LogP contribution < -0.4 is 16.2 Å². The number of hydrogen-bond donors (Lipinski definition) is 2. The van der Waals surface area contributed by atoms with Crippen molar-refractivity contribution in [2.45, 2.75) is 38.2 Å². The summed E-state index contributed by atoms with van der Waals surface area (Å²) in [4.78, 5) is 15.7. The van der Waals surface area contributed by atoms with Crippen LogP contribution in [0.2, 0.25) is 0 Å². The second-order valence-electron chi connectivity index (χ2n) is 5.78. The number of amides is 1. The summed E-state index contributed by atoms with van der Waals surface area (Å²) in [5.41, 5.74) is 8.26. The molecule has 23 heavy (non-hydrogen) atoms. The van der Waals surface area contributed by atoms with Crippen LogP contribution in [0.4, 0.5) is 14.7 Å². The largest absolute Gasteiger partial charge is 0.363 e. The summed E-state index contributed by atoms with van der Waals surface area (Å²) in [6, 6.07) is 0. The van der Waals surface area contributed by atoms with Crippen molar-refractivity contribution in [3.05, 3.63) is 30.4 Å². The van der Waals surface area contributed by atoms with Crippen LogP contribution in [0.5, 0.6) is 0 Å². The fourth-order valence-corrected chi connectivity index (χ4v) is 2.75. The van der Waals surface area contributed by atoms with Crippen LogP contribution in [-0.2, 0) is 6.54 Å². The van der Waals surface area contributed by atoms with Gasteiger partial charge in [0.25, 0.3) is 11.9 Å². The molecule has 7 nitrogen and oxygen atoms in total. The third-order valence-electron chi connectivity index (χ3n) is 4.02. The Kier molecular flexibility index (Phi) is 4.01. The van der Waals surface area contributed by atoms with Crippen molar-refractivity contribution in [1.82, 2.24) is 20.2 Å². The Labute approximate surface area is 131 Å². The van der Waals surface area contributed by atoms with E-state index in [0.29, 0.717) is 19.4 Å². The molecule has 0 atom stereocenters. The number of allylic oxidation sites excluding steroid dienone is 2. The first-order valence-electron chi connectivity index (χ1n) is 7.46. The number of rotatable bonds is 4. The van der Waals surface area contributed by atoms with E-state index in [1.807, 2.05) is 0 Å². The zero-order valence-corrected chi connectivity index (χ0v) is 12.5. The van der Waals surface area contributed by atoms with E-state index in [4.69, 9.17) is 5.73 Å². The van der Waals surface area contributed by atoms with E-state index in [-0.39, 0.29) is 30.5 Å². The summed E-state index contributed by atoms with van der Waals surface area (Å²) >= 11 is 0. The van der Waals surface area contributed by atoms with E-state index in [1.54, 1.807) is 24.6 Å². The van der Waals surface area contributed by atoms with Gasteiger partial charge in [0.05, 0.1) is 0 Å². The minimum Gasteiger partial charge on any atom is -0.363 e. The lowest BCUT2D eigenvalue weighted by Crippen LogP contribution is -2.31. The highest BCUT2D eigenvalue weighted by Gasteiger charge is 2.35. The van der Waals surface area contributed by atoms with E-state index in [9.17, 15) is 13.6 Å². The first-order chi connectivity index (χ1) is 10.9. The number of nitrogens with one attached hydrogen (secondary N) is 1. The average Bonchev–Trinajstić information content (AvgIpc) is 2.94. The molecule has 3 rings (SSSR count). The normalized spacial score (nSPS) is 20.5. The number of alkyl halides is 2. The zero-order chi connectivity index (χ0) is 16.4. The number of halogens is 2. The van der Waals surface area contributed by atoms with Gasteiger partial charge in [0.15, 0.2) is 0 Å². The molecule has 124 valence electrons. The highest BCUT2D eigenvalue weighted by atomic mass is 19.3.